The molecule has 116 valence electrons. The molecule has 0 heterocycles. The summed E-state index contributed by atoms with van der Waals surface area (Å²) in [6.45, 7) is 3.72. The molecule has 0 spiro atoms. The quantitative estimate of drug-likeness (QED) is 0.697. The SMILES string of the molecule is CCOP(=O)(OCC)O[C@@H](C#N)c1ccc2ccccc2c1. The van der Waals surface area contributed by atoms with Crippen molar-refractivity contribution in [2.24, 2.45) is 0 Å². The monoisotopic (exact) mass is 319 g/mol. The van der Waals surface area contributed by atoms with E-state index in [4.69, 9.17) is 13.6 Å². The largest absolute Gasteiger partial charge is 0.476 e. The Hall–Kier alpha value is -1.70. The fourth-order valence-corrected chi connectivity index (χ4v) is 3.33. The van der Waals surface area contributed by atoms with Gasteiger partial charge in [0.25, 0.3) is 0 Å². The van der Waals surface area contributed by atoms with Crippen molar-refractivity contribution in [3.63, 3.8) is 0 Å². The number of hydrogen-bond acceptors (Lipinski definition) is 5. The summed E-state index contributed by atoms with van der Waals surface area (Å²) in [5, 5.41) is 11.4. The van der Waals surface area contributed by atoms with E-state index in [1.54, 1.807) is 19.9 Å². The van der Waals surface area contributed by atoms with Crippen LogP contribution in [0.3, 0.4) is 0 Å². The molecule has 0 N–H and O–H groups in total. The van der Waals surface area contributed by atoms with Crippen LogP contribution in [0, 0.1) is 11.3 Å². The molecule has 0 saturated carbocycles. The molecule has 0 fully saturated rings. The van der Waals surface area contributed by atoms with Gasteiger partial charge in [0.1, 0.15) is 0 Å². The summed E-state index contributed by atoms with van der Waals surface area (Å²) in [6, 6.07) is 15.3. The number of benzene rings is 2. The second-order valence-electron chi connectivity index (χ2n) is 4.50. The molecule has 0 amide bonds. The summed E-state index contributed by atoms with van der Waals surface area (Å²) < 4.78 is 27.9. The lowest BCUT2D eigenvalue weighted by molar-refractivity contribution is 0.103. The number of nitriles is 1. The van der Waals surface area contributed by atoms with Crippen molar-refractivity contribution in [2.75, 3.05) is 13.2 Å². The average Bonchev–Trinajstić information content (AvgIpc) is 2.53. The summed E-state index contributed by atoms with van der Waals surface area (Å²) >= 11 is 0. The maximum Gasteiger partial charge on any atom is 0.476 e. The highest BCUT2D eigenvalue weighted by atomic mass is 31.2. The predicted molar refractivity (Wildman–Crippen MR) is 84.2 cm³/mol. The standard InChI is InChI=1S/C16H18NO4P/c1-3-19-22(18,20-4-2)21-16(12-17)15-10-9-13-7-5-6-8-14(13)11-15/h5-11,16H,3-4H2,1-2H3/t16-/m0/s1. The van der Waals surface area contributed by atoms with Crippen LogP contribution < -0.4 is 0 Å². The van der Waals surface area contributed by atoms with Gasteiger partial charge in [-0.05, 0) is 36.2 Å². The van der Waals surface area contributed by atoms with E-state index >= 15 is 0 Å². The summed E-state index contributed by atoms with van der Waals surface area (Å²) in [5.74, 6) is 0. The van der Waals surface area contributed by atoms with Crippen LogP contribution >= 0.6 is 7.82 Å². The Bertz CT molecular complexity index is 715. The van der Waals surface area contributed by atoms with Gasteiger partial charge in [-0.3, -0.25) is 13.6 Å². The van der Waals surface area contributed by atoms with Gasteiger partial charge in [-0.25, -0.2) is 4.57 Å². The molecule has 0 aromatic heterocycles. The van der Waals surface area contributed by atoms with E-state index in [0.717, 1.165) is 10.8 Å². The van der Waals surface area contributed by atoms with E-state index in [-0.39, 0.29) is 13.2 Å². The van der Waals surface area contributed by atoms with Crippen LogP contribution in [0.2, 0.25) is 0 Å². The van der Waals surface area contributed by atoms with Crippen molar-refractivity contribution in [1.29, 1.82) is 5.26 Å². The van der Waals surface area contributed by atoms with Gasteiger partial charge in [0, 0.05) is 0 Å². The number of hydrogen-bond donors (Lipinski definition) is 0. The smallest absolute Gasteiger partial charge is 0.287 e. The Morgan fingerprint density at radius 2 is 1.73 bits per heavy atom. The Morgan fingerprint density at radius 3 is 2.32 bits per heavy atom. The molecule has 0 bridgehead atoms. The Balaban J connectivity index is 2.29. The van der Waals surface area contributed by atoms with Crippen molar-refractivity contribution in [3.8, 4) is 6.07 Å². The molecule has 0 radical (unpaired) electrons. The maximum absolute atomic E-state index is 12.4. The number of fused-ring (bicyclic) bond motifs is 1. The second kappa shape index (κ2) is 7.53. The van der Waals surface area contributed by atoms with E-state index in [1.807, 2.05) is 42.5 Å². The average molecular weight is 319 g/mol. The van der Waals surface area contributed by atoms with Gasteiger partial charge in [0.05, 0.1) is 19.3 Å². The summed E-state index contributed by atoms with van der Waals surface area (Å²) in [7, 11) is -3.74. The second-order valence-corrected chi connectivity index (χ2v) is 6.13. The van der Waals surface area contributed by atoms with Crippen LogP contribution in [0.4, 0.5) is 0 Å². The van der Waals surface area contributed by atoms with Gasteiger partial charge in [0.15, 0.2) is 6.10 Å². The molecule has 2 aromatic carbocycles. The molecular weight excluding hydrogens is 301 g/mol. The molecule has 2 rings (SSSR count). The molecule has 0 aliphatic heterocycles. The van der Waals surface area contributed by atoms with Gasteiger partial charge < -0.3 is 0 Å². The van der Waals surface area contributed by atoms with Gasteiger partial charge in [-0.1, -0.05) is 36.4 Å². The van der Waals surface area contributed by atoms with E-state index in [2.05, 4.69) is 0 Å². The molecule has 0 aliphatic rings. The first-order chi connectivity index (χ1) is 10.6. The van der Waals surface area contributed by atoms with Crippen molar-refractivity contribution in [1.82, 2.24) is 0 Å². The topological polar surface area (TPSA) is 68.6 Å². The van der Waals surface area contributed by atoms with Crippen LogP contribution in [0.25, 0.3) is 10.8 Å². The van der Waals surface area contributed by atoms with Gasteiger partial charge in [0.2, 0.25) is 0 Å². The summed E-state index contributed by atoms with van der Waals surface area (Å²) in [6.07, 6.45) is -1.02. The van der Waals surface area contributed by atoms with E-state index in [0.29, 0.717) is 5.56 Å². The molecular formula is C16H18NO4P. The highest BCUT2D eigenvalue weighted by Gasteiger charge is 2.31. The Labute approximate surface area is 130 Å². The molecule has 0 saturated heterocycles. The number of phosphoric acid groups is 1. The molecule has 0 aliphatic carbocycles. The first kappa shape index (κ1) is 16.7. The predicted octanol–water partition coefficient (Wildman–Crippen LogP) is 4.60. The molecule has 1 atom stereocenters. The van der Waals surface area contributed by atoms with Gasteiger partial charge in [-0.15, -0.1) is 0 Å². The highest BCUT2D eigenvalue weighted by Crippen LogP contribution is 2.52. The zero-order chi connectivity index (χ0) is 16.0. The lowest BCUT2D eigenvalue weighted by Crippen LogP contribution is -2.05. The fraction of sp³-hybridized carbons (Fsp3) is 0.312. The summed E-state index contributed by atoms with van der Waals surface area (Å²) in [4.78, 5) is 0. The van der Waals surface area contributed by atoms with Crippen LogP contribution in [-0.4, -0.2) is 13.2 Å². The minimum atomic E-state index is -3.74. The van der Waals surface area contributed by atoms with E-state index in [9.17, 15) is 9.83 Å². The molecule has 5 nitrogen and oxygen atoms in total. The normalized spacial score (nSPS) is 13.0. The highest BCUT2D eigenvalue weighted by molar-refractivity contribution is 7.48. The van der Waals surface area contributed by atoms with Crippen LogP contribution in [0.15, 0.2) is 42.5 Å². The van der Waals surface area contributed by atoms with Crippen molar-refractivity contribution < 1.29 is 18.1 Å². The van der Waals surface area contributed by atoms with Crippen molar-refractivity contribution in [2.45, 2.75) is 20.0 Å². The number of phosphoric ester groups is 1. The van der Waals surface area contributed by atoms with Crippen LogP contribution in [0.5, 0.6) is 0 Å². The van der Waals surface area contributed by atoms with Gasteiger partial charge >= 0.3 is 7.82 Å². The number of rotatable bonds is 7. The Kier molecular flexibility index (Phi) is 5.70. The molecule has 22 heavy (non-hydrogen) atoms. The zero-order valence-corrected chi connectivity index (χ0v) is 13.5. The third-order valence-corrected chi connectivity index (χ3v) is 4.62. The van der Waals surface area contributed by atoms with Crippen molar-refractivity contribution in [3.05, 3.63) is 48.0 Å². The molecule has 2 aromatic rings. The zero-order valence-electron chi connectivity index (χ0n) is 12.6. The molecule has 0 unspecified atom stereocenters. The van der Waals surface area contributed by atoms with Crippen molar-refractivity contribution >= 4 is 18.6 Å². The van der Waals surface area contributed by atoms with Gasteiger partial charge in [-0.2, -0.15) is 5.26 Å². The minimum absolute atomic E-state index is 0.174. The lowest BCUT2D eigenvalue weighted by atomic mass is 10.0. The molecule has 6 heteroatoms. The third kappa shape index (κ3) is 3.94. The van der Waals surface area contributed by atoms with Crippen LogP contribution in [-0.2, 0) is 18.1 Å². The Morgan fingerprint density at radius 1 is 1.09 bits per heavy atom. The number of nitrogens with zero attached hydrogens (tertiary/aromatic N) is 1. The van der Waals surface area contributed by atoms with E-state index < -0.39 is 13.9 Å². The first-order valence-electron chi connectivity index (χ1n) is 7.07. The third-order valence-electron chi connectivity index (χ3n) is 3.00. The fourth-order valence-electron chi connectivity index (χ4n) is 2.07. The maximum atomic E-state index is 12.4. The van der Waals surface area contributed by atoms with E-state index in [1.165, 1.54) is 0 Å². The lowest BCUT2D eigenvalue weighted by Gasteiger charge is -2.19. The van der Waals surface area contributed by atoms with Crippen LogP contribution in [0.1, 0.15) is 25.5 Å². The summed E-state index contributed by atoms with van der Waals surface area (Å²) in [5.41, 5.74) is 0.612. The minimum Gasteiger partial charge on any atom is -0.287 e. The first-order valence-corrected chi connectivity index (χ1v) is 8.53.